The summed E-state index contributed by atoms with van der Waals surface area (Å²) in [6, 6.07) is 15.3. The first-order chi connectivity index (χ1) is 13.2. The number of halogens is 1. The van der Waals surface area contributed by atoms with Gasteiger partial charge in [0.15, 0.2) is 0 Å². The van der Waals surface area contributed by atoms with Crippen LogP contribution in [0.2, 0.25) is 5.02 Å². The molecule has 1 saturated carbocycles. The van der Waals surface area contributed by atoms with E-state index in [1.165, 1.54) is 5.56 Å². The van der Waals surface area contributed by atoms with Crippen molar-refractivity contribution in [2.45, 2.75) is 38.8 Å². The minimum atomic E-state index is -0.00218. The SMILES string of the molecule is CCc1ccc(C(=O)N(Cc2nnc(-c3ccccc3Cl)o2)C2CC2)cc1. The second-order valence-corrected chi connectivity index (χ2v) is 7.10. The van der Waals surface area contributed by atoms with Crippen LogP contribution in [-0.2, 0) is 13.0 Å². The van der Waals surface area contributed by atoms with E-state index in [1.807, 2.05) is 47.4 Å². The van der Waals surface area contributed by atoms with Crippen molar-refractivity contribution in [1.29, 1.82) is 0 Å². The number of hydrogen-bond acceptors (Lipinski definition) is 4. The number of rotatable bonds is 6. The maximum atomic E-state index is 13.0. The summed E-state index contributed by atoms with van der Waals surface area (Å²) in [5, 5.41) is 8.77. The first-order valence-corrected chi connectivity index (χ1v) is 9.50. The molecule has 0 radical (unpaired) electrons. The van der Waals surface area contributed by atoms with Crippen LogP contribution in [0, 0.1) is 0 Å². The van der Waals surface area contributed by atoms with E-state index in [9.17, 15) is 4.79 Å². The molecule has 4 rings (SSSR count). The van der Waals surface area contributed by atoms with Gasteiger partial charge in [-0.1, -0.05) is 42.8 Å². The number of hydrogen-bond donors (Lipinski definition) is 0. The smallest absolute Gasteiger partial charge is 0.254 e. The summed E-state index contributed by atoms with van der Waals surface area (Å²) in [5.41, 5.74) is 2.59. The van der Waals surface area contributed by atoms with Gasteiger partial charge in [-0.15, -0.1) is 10.2 Å². The summed E-state index contributed by atoms with van der Waals surface area (Å²) >= 11 is 6.20. The highest BCUT2D eigenvalue weighted by molar-refractivity contribution is 6.33. The molecule has 0 N–H and O–H groups in total. The average Bonchev–Trinajstić information content (AvgIpc) is 3.44. The summed E-state index contributed by atoms with van der Waals surface area (Å²) < 4.78 is 5.78. The quantitative estimate of drug-likeness (QED) is 0.617. The Kier molecular flexibility index (Phi) is 4.94. The Balaban J connectivity index is 1.54. The molecule has 1 fully saturated rings. The Hall–Kier alpha value is -2.66. The highest BCUT2D eigenvalue weighted by atomic mass is 35.5. The third kappa shape index (κ3) is 3.88. The van der Waals surface area contributed by atoms with Gasteiger partial charge in [0, 0.05) is 11.6 Å². The summed E-state index contributed by atoms with van der Waals surface area (Å²) in [7, 11) is 0. The maximum Gasteiger partial charge on any atom is 0.254 e. The fraction of sp³-hybridized carbons (Fsp3) is 0.286. The van der Waals surface area contributed by atoms with Gasteiger partial charge in [0.25, 0.3) is 5.91 Å². The zero-order valence-electron chi connectivity index (χ0n) is 15.1. The van der Waals surface area contributed by atoms with Gasteiger partial charge < -0.3 is 9.32 Å². The number of aryl methyl sites for hydroxylation is 1. The Morgan fingerprint density at radius 1 is 1.15 bits per heavy atom. The van der Waals surface area contributed by atoms with Gasteiger partial charge in [0.1, 0.15) is 0 Å². The molecule has 1 heterocycles. The maximum absolute atomic E-state index is 13.0. The molecular formula is C21H20ClN3O2. The topological polar surface area (TPSA) is 59.2 Å². The van der Waals surface area contributed by atoms with Crippen molar-refractivity contribution in [3.05, 3.63) is 70.6 Å². The fourth-order valence-corrected chi connectivity index (χ4v) is 3.23. The first-order valence-electron chi connectivity index (χ1n) is 9.13. The first kappa shape index (κ1) is 17.7. The van der Waals surface area contributed by atoms with Gasteiger partial charge in [-0.2, -0.15) is 0 Å². The van der Waals surface area contributed by atoms with Gasteiger partial charge in [-0.3, -0.25) is 4.79 Å². The average molecular weight is 382 g/mol. The van der Waals surface area contributed by atoms with Gasteiger partial charge in [-0.25, -0.2) is 0 Å². The number of aromatic nitrogens is 2. The van der Waals surface area contributed by atoms with Crippen LogP contribution in [0.3, 0.4) is 0 Å². The highest BCUT2D eigenvalue weighted by Crippen LogP contribution is 2.31. The van der Waals surface area contributed by atoms with Crippen LogP contribution in [0.25, 0.3) is 11.5 Å². The lowest BCUT2D eigenvalue weighted by molar-refractivity contribution is 0.0714. The van der Waals surface area contributed by atoms with E-state index < -0.39 is 0 Å². The number of carbonyl (C=O) groups is 1. The number of nitrogens with zero attached hydrogens (tertiary/aromatic N) is 3. The lowest BCUT2D eigenvalue weighted by Gasteiger charge is -2.20. The van der Waals surface area contributed by atoms with Crippen molar-refractivity contribution in [3.63, 3.8) is 0 Å². The molecule has 0 saturated heterocycles. The van der Waals surface area contributed by atoms with Crippen LogP contribution >= 0.6 is 11.6 Å². The van der Waals surface area contributed by atoms with Crippen molar-refractivity contribution in [3.8, 4) is 11.5 Å². The third-order valence-electron chi connectivity index (χ3n) is 4.73. The molecule has 1 amide bonds. The van der Waals surface area contributed by atoms with E-state index in [-0.39, 0.29) is 11.9 Å². The van der Waals surface area contributed by atoms with Gasteiger partial charge >= 0.3 is 0 Å². The predicted molar refractivity (Wildman–Crippen MR) is 103 cm³/mol. The highest BCUT2D eigenvalue weighted by Gasteiger charge is 2.34. The normalized spacial score (nSPS) is 13.6. The molecule has 5 nitrogen and oxygen atoms in total. The Morgan fingerprint density at radius 3 is 2.56 bits per heavy atom. The minimum Gasteiger partial charge on any atom is -0.419 e. The predicted octanol–water partition coefficient (Wildman–Crippen LogP) is 4.76. The molecule has 27 heavy (non-hydrogen) atoms. The monoisotopic (exact) mass is 381 g/mol. The van der Waals surface area contributed by atoms with Gasteiger partial charge in [0.05, 0.1) is 17.1 Å². The number of carbonyl (C=O) groups excluding carboxylic acids is 1. The van der Waals surface area contributed by atoms with Crippen molar-refractivity contribution in [1.82, 2.24) is 15.1 Å². The molecule has 6 heteroatoms. The molecular weight excluding hydrogens is 362 g/mol. The summed E-state index contributed by atoms with van der Waals surface area (Å²) in [4.78, 5) is 14.8. The molecule has 1 aliphatic carbocycles. The van der Waals surface area contributed by atoms with E-state index in [0.29, 0.717) is 34.5 Å². The van der Waals surface area contributed by atoms with E-state index in [4.69, 9.17) is 16.0 Å². The molecule has 1 aromatic heterocycles. The van der Waals surface area contributed by atoms with Crippen LogP contribution in [0.5, 0.6) is 0 Å². The Bertz CT molecular complexity index is 948. The second-order valence-electron chi connectivity index (χ2n) is 6.70. The molecule has 3 aromatic rings. The second kappa shape index (κ2) is 7.53. The fourth-order valence-electron chi connectivity index (χ4n) is 3.01. The van der Waals surface area contributed by atoms with Crippen LogP contribution in [0.1, 0.15) is 41.6 Å². The third-order valence-corrected chi connectivity index (χ3v) is 5.06. The van der Waals surface area contributed by atoms with Gasteiger partial charge in [-0.05, 0) is 49.1 Å². The van der Waals surface area contributed by atoms with Crippen LogP contribution in [-0.4, -0.2) is 27.0 Å². The molecule has 2 aromatic carbocycles. The number of benzene rings is 2. The van der Waals surface area contributed by atoms with Crippen molar-refractivity contribution in [2.24, 2.45) is 0 Å². The summed E-state index contributed by atoms with van der Waals surface area (Å²) in [6.07, 6.45) is 2.96. The molecule has 0 unspecified atom stereocenters. The van der Waals surface area contributed by atoms with Crippen LogP contribution in [0.4, 0.5) is 0 Å². The summed E-state index contributed by atoms with van der Waals surface area (Å²) in [6.45, 7) is 2.40. The molecule has 1 aliphatic rings. The minimum absolute atomic E-state index is 0.00218. The van der Waals surface area contributed by atoms with Crippen LogP contribution in [0.15, 0.2) is 52.9 Å². The summed E-state index contributed by atoms with van der Waals surface area (Å²) in [5.74, 6) is 0.777. The molecule has 0 atom stereocenters. The molecule has 0 bridgehead atoms. The van der Waals surface area contributed by atoms with E-state index in [1.54, 1.807) is 6.07 Å². The largest absolute Gasteiger partial charge is 0.419 e. The van der Waals surface area contributed by atoms with Crippen LogP contribution < -0.4 is 0 Å². The standard InChI is InChI=1S/C21H20ClN3O2/c1-2-14-7-9-15(10-8-14)21(26)25(16-11-12-16)13-19-23-24-20(27-19)17-5-3-4-6-18(17)22/h3-10,16H,2,11-13H2,1H3. The van der Waals surface area contributed by atoms with E-state index in [2.05, 4.69) is 17.1 Å². The number of amides is 1. The van der Waals surface area contributed by atoms with Gasteiger partial charge in [0.2, 0.25) is 11.8 Å². The molecule has 0 aliphatic heterocycles. The Labute approximate surface area is 163 Å². The Morgan fingerprint density at radius 2 is 1.89 bits per heavy atom. The molecule has 0 spiro atoms. The van der Waals surface area contributed by atoms with E-state index in [0.717, 1.165) is 19.3 Å². The lowest BCUT2D eigenvalue weighted by atomic mass is 10.1. The van der Waals surface area contributed by atoms with E-state index >= 15 is 0 Å². The van der Waals surface area contributed by atoms with Crippen molar-refractivity contribution < 1.29 is 9.21 Å². The zero-order valence-corrected chi connectivity index (χ0v) is 15.8. The lowest BCUT2D eigenvalue weighted by Crippen LogP contribution is -2.32. The molecule has 138 valence electrons. The van der Waals surface area contributed by atoms with Crippen molar-refractivity contribution >= 4 is 17.5 Å². The zero-order chi connectivity index (χ0) is 18.8. The van der Waals surface area contributed by atoms with Crippen molar-refractivity contribution in [2.75, 3.05) is 0 Å².